The van der Waals surface area contributed by atoms with E-state index in [0.717, 1.165) is 16.8 Å². The molecule has 0 spiro atoms. The van der Waals surface area contributed by atoms with Gasteiger partial charge in [-0.3, -0.25) is 4.79 Å². The van der Waals surface area contributed by atoms with Crippen molar-refractivity contribution in [3.63, 3.8) is 0 Å². The summed E-state index contributed by atoms with van der Waals surface area (Å²) in [7, 11) is 0. The highest BCUT2D eigenvalue weighted by Gasteiger charge is 2.09. The normalized spacial score (nSPS) is 10.6. The van der Waals surface area contributed by atoms with E-state index in [2.05, 4.69) is 5.32 Å². The largest absolute Gasteiger partial charge is 0.459 e. The number of aryl methyl sites for hydroxylation is 1. The summed E-state index contributed by atoms with van der Waals surface area (Å²) in [4.78, 5) is 23.8. The van der Waals surface area contributed by atoms with E-state index in [1.807, 2.05) is 57.2 Å². The molecule has 25 heavy (non-hydrogen) atoms. The third-order valence-electron chi connectivity index (χ3n) is 3.34. The summed E-state index contributed by atoms with van der Waals surface area (Å²) in [6.45, 7) is 5.64. The molecular weight excluding hydrogens is 334 g/mol. The fourth-order valence-corrected chi connectivity index (χ4v) is 2.99. The Morgan fingerprint density at radius 2 is 1.84 bits per heavy atom. The summed E-state index contributed by atoms with van der Waals surface area (Å²) in [6, 6.07) is 15.0. The zero-order valence-electron chi connectivity index (χ0n) is 14.7. The molecule has 5 heteroatoms. The van der Waals surface area contributed by atoms with E-state index in [-0.39, 0.29) is 18.0 Å². The number of carbonyl (C=O) groups is 2. The minimum Gasteiger partial charge on any atom is -0.459 e. The smallest absolute Gasteiger partial charge is 0.338 e. The number of nitrogens with one attached hydrogen (secondary N) is 1. The van der Waals surface area contributed by atoms with Gasteiger partial charge in [0.15, 0.2) is 0 Å². The van der Waals surface area contributed by atoms with E-state index < -0.39 is 0 Å². The molecule has 0 heterocycles. The SMILES string of the molecule is Cc1cccc(NC(=O)CSCc2ccc(C(=O)OC(C)C)cc2)c1. The summed E-state index contributed by atoms with van der Waals surface area (Å²) >= 11 is 1.53. The molecule has 2 rings (SSSR count). The molecule has 0 saturated heterocycles. The first kappa shape index (κ1) is 19.1. The number of anilines is 1. The zero-order chi connectivity index (χ0) is 18.2. The van der Waals surface area contributed by atoms with Crippen LogP contribution in [0.25, 0.3) is 0 Å². The number of hydrogen-bond donors (Lipinski definition) is 1. The first-order chi connectivity index (χ1) is 11.9. The van der Waals surface area contributed by atoms with Gasteiger partial charge < -0.3 is 10.1 Å². The summed E-state index contributed by atoms with van der Waals surface area (Å²) in [5.74, 6) is 0.755. The first-order valence-corrected chi connectivity index (χ1v) is 9.33. The summed E-state index contributed by atoms with van der Waals surface area (Å²) < 4.78 is 5.16. The second-order valence-electron chi connectivity index (χ2n) is 6.06. The third kappa shape index (κ3) is 6.63. The van der Waals surface area contributed by atoms with Crippen LogP contribution in [0.15, 0.2) is 48.5 Å². The molecule has 0 bridgehead atoms. The molecule has 4 nitrogen and oxygen atoms in total. The van der Waals surface area contributed by atoms with Gasteiger partial charge in [0.2, 0.25) is 5.91 Å². The Bertz CT molecular complexity index is 726. The second kappa shape index (κ2) is 9.28. The molecule has 0 aliphatic carbocycles. The minimum absolute atomic E-state index is 0.0206. The lowest BCUT2D eigenvalue weighted by atomic mass is 10.1. The van der Waals surface area contributed by atoms with E-state index >= 15 is 0 Å². The van der Waals surface area contributed by atoms with Gasteiger partial charge in [0.25, 0.3) is 0 Å². The number of benzene rings is 2. The van der Waals surface area contributed by atoms with Crippen molar-refractivity contribution in [3.05, 3.63) is 65.2 Å². The summed E-state index contributed by atoms with van der Waals surface area (Å²) in [6.07, 6.45) is -0.130. The highest BCUT2D eigenvalue weighted by molar-refractivity contribution is 7.99. The van der Waals surface area contributed by atoms with Gasteiger partial charge in [-0.2, -0.15) is 0 Å². The Kier molecular flexibility index (Phi) is 7.07. The lowest BCUT2D eigenvalue weighted by Crippen LogP contribution is -2.14. The number of amides is 1. The highest BCUT2D eigenvalue weighted by Crippen LogP contribution is 2.15. The monoisotopic (exact) mass is 357 g/mol. The summed E-state index contributed by atoms with van der Waals surface area (Å²) in [5, 5.41) is 2.89. The Labute approximate surface area is 153 Å². The predicted octanol–water partition coefficient (Wildman–Crippen LogP) is 4.43. The maximum atomic E-state index is 12.0. The molecule has 0 unspecified atom stereocenters. The first-order valence-electron chi connectivity index (χ1n) is 8.18. The minimum atomic E-state index is -0.313. The number of esters is 1. The molecule has 1 N–H and O–H groups in total. The number of hydrogen-bond acceptors (Lipinski definition) is 4. The van der Waals surface area contributed by atoms with Crippen molar-refractivity contribution in [1.82, 2.24) is 0 Å². The van der Waals surface area contributed by atoms with Crippen LogP contribution < -0.4 is 5.32 Å². The number of thioether (sulfide) groups is 1. The quantitative estimate of drug-likeness (QED) is 0.745. The van der Waals surface area contributed by atoms with Gasteiger partial charge in [0, 0.05) is 11.4 Å². The van der Waals surface area contributed by atoms with Gasteiger partial charge >= 0.3 is 5.97 Å². The molecular formula is C20H23NO3S. The Morgan fingerprint density at radius 1 is 1.12 bits per heavy atom. The fourth-order valence-electron chi connectivity index (χ4n) is 2.20. The van der Waals surface area contributed by atoms with E-state index in [0.29, 0.717) is 17.1 Å². The van der Waals surface area contributed by atoms with Crippen LogP contribution >= 0.6 is 11.8 Å². The maximum Gasteiger partial charge on any atom is 0.338 e. The standard InChI is InChI=1S/C20H23NO3S/c1-14(2)24-20(23)17-9-7-16(8-10-17)12-25-13-19(22)21-18-6-4-5-15(3)11-18/h4-11,14H,12-13H2,1-3H3,(H,21,22). The van der Waals surface area contributed by atoms with Crippen molar-refractivity contribution in [3.8, 4) is 0 Å². The van der Waals surface area contributed by atoms with Crippen molar-refractivity contribution in [2.24, 2.45) is 0 Å². The molecule has 0 aliphatic heterocycles. The zero-order valence-corrected chi connectivity index (χ0v) is 15.6. The summed E-state index contributed by atoms with van der Waals surface area (Å²) in [5.41, 5.74) is 3.54. The molecule has 0 aromatic heterocycles. The van der Waals surface area contributed by atoms with Crippen LogP contribution in [-0.4, -0.2) is 23.7 Å². The van der Waals surface area contributed by atoms with Gasteiger partial charge in [-0.1, -0.05) is 24.3 Å². The van der Waals surface area contributed by atoms with E-state index in [9.17, 15) is 9.59 Å². The van der Waals surface area contributed by atoms with Crippen molar-refractivity contribution in [2.75, 3.05) is 11.1 Å². The number of rotatable bonds is 7. The van der Waals surface area contributed by atoms with Gasteiger partial charge in [0.1, 0.15) is 0 Å². The lowest BCUT2D eigenvalue weighted by Gasteiger charge is -2.08. The average molecular weight is 357 g/mol. The topological polar surface area (TPSA) is 55.4 Å². The van der Waals surface area contributed by atoms with Crippen LogP contribution in [0.2, 0.25) is 0 Å². The van der Waals surface area contributed by atoms with Crippen LogP contribution in [-0.2, 0) is 15.3 Å². The molecule has 2 aromatic carbocycles. The van der Waals surface area contributed by atoms with E-state index in [1.54, 1.807) is 12.1 Å². The van der Waals surface area contributed by atoms with Crippen LogP contribution in [0.3, 0.4) is 0 Å². The van der Waals surface area contributed by atoms with E-state index in [4.69, 9.17) is 4.74 Å². The molecule has 132 valence electrons. The van der Waals surface area contributed by atoms with Crippen molar-refractivity contribution < 1.29 is 14.3 Å². The Morgan fingerprint density at radius 3 is 2.48 bits per heavy atom. The predicted molar refractivity (Wildman–Crippen MR) is 103 cm³/mol. The molecule has 2 aromatic rings. The van der Waals surface area contributed by atoms with Gasteiger partial charge in [-0.05, 0) is 56.2 Å². The lowest BCUT2D eigenvalue weighted by molar-refractivity contribution is -0.113. The molecule has 0 atom stereocenters. The molecule has 0 saturated carbocycles. The van der Waals surface area contributed by atoms with E-state index in [1.165, 1.54) is 11.8 Å². The Hall–Kier alpha value is -2.27. The Balaban J connectivity index is 1.77. The molecule has 1 amide bonds. The van der Waals surface area contributed by atoms with Crippen LogP contribution in [0.1, 0.15) is 35.3 Å². The van der Waals surface area contributed by atoms with Gasteiger partial charge in [-0.25, -0.2) is 4.79 Å². The van der Waals surface area contributed by atoms with Crippen LogP contribution in [0, 0.1) is 6.92 Å². The second-order valence-corrected chi connectivity index (χ2v) is 7.05. The van der Waals surface area contributed by atoms with Crippen LogP contribution in [0.4, 0.5) is 5.69 Å². The third-order valence-corrected chi connectivity index (χ3v) is 4.34. The fraction of sp³-hybridized carbons (Fsp3) is 0.300. The van der Waals surface area contributed by atoms with Gasteiger partial charge in [0.05, 0.1) is 17.4 Å². The van der Waals surface area contributed by atoms with Crippen molar-refractivity contribution in [2.45, 2.75) is 32.6 Å². The van der Waals surface area contributed by atoms with Crippen LogP contribution in [0.5, 0.6) is 0 Å². The molecule has 0 radical (unpaired) electrons. The van der Waals surface area contributed by atoms with Crippen molar-refractivity contribution in [1.29, 1.82) is 0 Å². The average Bonchev–Trinajstić information content (AvgIpc) is 2.55. The van der Waals surface area contributed by atoms with Gasteiger partial charge in [-0.15, -0.1) is 11.8 Å². The van der Waals surface area contributed by atoms with Crippen molar-refractivity contribution >= 4 is 29.3 Å². The maximum absolute atomic E-state index is 12.0. The number of carbonyl (C=O) groups excluding carboxylic acids is 2. The molecule has 0 aliphatic rings. The number of ether oxygens (including phenoxy) is 1. The molecule has 0 fully saturated rings. The highest BCUT2D eigenvalue weighted by atomic mass is 32.2.